The zero-order valence-corrected chi connectivity index (χ0v) is 11.5. The lowest BCUT2D eigenvalue weighted by molar-refractivity contribution is 0.602. The highest BCUT2D eigenvalue weighted by molar-refractivity contribution is 5.97. The molecule has 0 aliphatic rings. The van der Waals surface area contributed by atoms with Gasteiger partial charge in [0.25, 0.3) is 5.56 Å². The molecule has 0 saturated heterocycles. The molecule has 106 valence electrons. The van der Waals surface area contributed by atoms with E-state index in [1.165, 1.54) is 0 Å². The SMILES string of the molecule is Cc1ccc(C)c2c(=O)[nH]nc(-c3cc(F)ccc3F)c12. The number of aromatic nitrogens is 2. The van der Waals surface area contributed by atoms with Gasteiger partial charge >= 0.3 is 0 Å². The second kappa shape index (κ2) is 4.77. The first-order valence-electron chi connectivity index (χ1n) is 6.43. The summed E-state index contributed by atoms with van der Waals surface area (Å²) in [6, 6.07) is 6.83. The Hall–Kier alpha value is -2.56. The Morgan fingerprint density at radius 2 is 1.67 bits per heavy atom. The van der Waals surface area contributed by atoms with Crippen molar-refractivity contribution in [1.82, 2.24) is 10.2 Å². The second-order valence-corrected chi connectivity index (χ2v) is 4.97. The van der Waals surface area contributed by atoms with Crippen LogP contribution in [0.15, 0.2) is 35.1 Å². The van der Waals surface area contributed by atoms with E-state index in [4.69, 9.17) is 0 Å². The maximum Gasteiger partial charge on any atom is 0.272 e. The van der Waals surface area contributed by atoms with Gasteiger partial charge in [0.2, 0.25) is 0 Å². The predicted octanol–water partition coefficient (Wildman–Crippen LogP) is 3.49. The van der Waals surface area contributed by atoms with Crippen LogP contribution in [0.4, 0.5) is 8.78 Å². The lowest BCUT2D eigenvalue weighted by Crippen LogP contribution is -2.12. The first-order valence-corrected chi connectivity index (χ1v) is 6.43. The van der Waals surface area contributed by atoms with Crippen molar-refractivity contribution in [3.05, 3.63) is 63.4 Å². The Kier molecular flexibility index (Phi) is 3.05. The topological polar surface area (TPSA) is 45.8 Å². The first-order chi connectivity index (χ1) is 9.99. The number of fused-ring (bicyclic) bond motifs is 1. The van der Waals surface area contributed by atoms with E-state index in [0.717, 1.165) is 29.3 Å². The molecule has 3 nitrogen and oxygen atoms in total. The number of nitrogens with zero attached hydrogens (tertiary/aromatic N) is 1. The van der Waals surface area contributed by atoms with Gasteiger partial charge in [-0.25, -0.2) is 13.9 Å². The number of benzene rings is 2. The van der Waals surface area contributed by atoms with E-state index in [1.54, 1.807) is 6.92 Å². The van der Waals surface area contributed by atoms with E-state index in [0.29, 0.717) is 10.8 Å². The third-order valence-corrected chi connectivity index (χ3v) is 3.54. The third-order valence-electron chi connectivity index (χ3n) is 3.54. The highest BCUT2D eigenvalue weighted by atomic mass is 19.1. The Morgan fingerprint density at radius 1 is 1.00 bits per heavy atom. The molecule has 0 atom stereocenters. The van der Waals surface area contributed by atoms with Gasteiger partial charge in [-0.1, -0.05) is 12.1 Å². The van der Waals surface area contributed by atoms with Crippen molar-refractivity contribution in [1.29, 1.82) is 0 Å². The van der Waals surface area contributed by atoms with Crippen molar-refractivity contribution in [3.8, 4) is 11.3 Å². The number of rotatable bonds is 1. The Bertz CT molecular complexity index is 916. The van der Waals surface area contributed by atoms with E-state index in [1.807, 2.05) is 19.1 Å². The number of halogens is 2. The largest absolute Gasteiger partial charge is 0.272 e. The Balaban J connectivity index is 2.50. The van der Waals surface area contributed by atoms with E-state index >= 15 is 0 Å². The molecule has 0 radical (unpaired) electrons. The lowest BCUT2D eigenvalue weighted by atomic mass is 9.98. The van der Waals surface area contributed by atoms with Gasteiger partial charge < -0.3 is 0 Å². The molecule has 0 saturated carbocycles. The number of hydrogen-bond donors (Lipinski definition) is 1. The molecule has 0 aliphatic carbocycles. The normalized spacial score (nSPS) is 11.0. The molecule has 21 heavy (non-hydrogen) atoms. The number of hydrogen-bond acceptors (Lipinski definition) is 2. The smallest absolute Gasteiger partial charge is 0.267 e. The highest BCUT2D eigenvalue weighted by Crippen LogP contribution is 2.30. The van der Waals surface area contributed by atoms with Crippen LogP contribution in [-0.2, 0) is 0 Å². The highest BCUT2D eigenvalue weighted by Gasteiger charge is 2.16. The van der Waals surface area contributed by atoms with Gasteiger partial charge in [-0.3, -0.25) is 4.79 Å². The summed E-state index contributed by atoms with van der Waals surface area (Å²) in [6.07, 6.45) is 0. The molecule has 0 amide bonds. The van der Waals surface area contributed by atoms with Gasteiger partial charge in [0.05, 0.1) is 5.39 Å². The summed E-state index contributed by atoms with van der Waals surface area (Å²) in [7, 11) is 0. The van der Waals surface area contributed by atoms with Crippen molar-refractivity contribution in [3.63, 3.8) is 0 Å². The minimum Gasteiger partial charge on any atom is -0.267 e. The van der Waals surface area contributed by atoms with Crippen molar-refractivity contribution in [2.24, 2.45) is 0 Å². The van der Waals surface area contributed by atoms with Crippen molar-refractivity contribution in [2.45, 2.75) is 13.8 Å². The summed E-state index contributed by atoms with van der Waals surface area (Å²) < 4.78 is 27.4. The standard InChI is InChI=1S/C16H12F2N2O/c1-8-3-4-9(2)14-13(8)15(19-20-16(14)21)11-7-10(17)5-6-12(11)18/h3-7H,1-2H3,(H,20,21). The summed E-state index contributed by atoms with van der Waals surface area (Å²) in [5.74, 6) is -1.14. The minimum atomic E-state index is -0.585. The fourth-order valence-electron chi connectivity index (χ4n) is 2.50. The van der Waals surface area contributed by atoms with Crippen LogP contribution in [0.3, 0.4) is 0 Å². The quantitative estimate of drug-likeness (QED) is 0.744. The molecule has 0 spiro atoms. The van der Waals surface area contributed by atoms with Gasteiger partial charge in [0, 0.05) is 10.9 Å². The molecule has 1 N–H and O–H groups in total. The third kappa shape index (κ3) is 2.11. The van der Waals surface area contributed by atoms with Gasteiger partial charge in [-0.05, 0) is 43.2 Å². The predicted molar refractivity (Wildman–Crippen MR) is 77.2 cm³/mol. The molecule has 0 unspecified atom stereocenters. The number of aromatic amines is 1. The van der Waals surface area contributed by atoms with Crippen LogP contribution < -0.4 is 5.56 Å². The van der Waals surface area contributed by atoms with Gasteiger partial charge in [-0.15, -0.1) is 0 Å². The van der Waals surface area contributed by atoms with Crippen LogP contribution in [0.1, 0.15) is 11.1 Å². The summed E-state index contributed by atoms with van der Waals surface area (Å²) in [5.41, 5.74) is 1.48. The monoisotopic (exact) mass is 286 g/mol. The summed E-state index contributed by atoms with van der Waals surface area (Å²) >= 11 is 0. The van der Waals surface area contributed by atoms with Crippen LogP contribution in [0, 0.1) is 25.5 Å². The fraction of sp³-hybridized carbons (Fsp3) is 0.125. The number of nitrogens with one attached hydrogen (secondary N) is 1. The van der Waals surface area contributed by atoms with Crippen LogP contribution in [-0.4, -0.2) is 10.2 Å². The molecular formula is C16H12F2N2O. The van der Waals surface area contributed by atoms with Gasteiger partial charge in [0.15, 0.2) is 0 Å². The van der Waals surface area contributed by atoms with E-state index in [2.05, 4.69) is 10.2 Å². The van der Waals surface area contributed by atoms with Gasteiger partial charge in [0.1, 0.15) is 17.3 Å². The zero-order chi connectivity index (χ0) is 15.1. The summed E-state index contributed by atoms with van der Waals surface area (Å²) in [5, 5.41) is 7.29. The Labute approximate surface area is 119 Å². The molecular weight excluding hydrogens is 274 g/mol. The van der Waals surface area contributed by atoms with Crippen molar-refractivity contribution in [2.75, 3.05) is 0 Å². The minimum absolute atomic E-state index is 0.0324. The second-order valence-electron chi connectivity index (χ2n) is 4.97. The van der Waals surface area contributed by atoms with Crippen LogP contribution in [0.5, 0.6) is 0 Å². The molecule has 0 aliphatic heterocycles. The van der Waals surface area contributed by atoms with Crippen molar-refractivity contribution >= 4 is 10.8 Å². The maximum atomic E-state index is 14.0. The van der Waals surface area contributed by atoms with E-state index in [9.17, 15) is 13.6 Å². The van der Waals surface area contributed by atoms with Crippen LogP contribution in [0.25, 0.3) is 22.0 Å². The van der Waals surface area contributed by atoms with Crippen LogP contribution in [0.2, 0.25) is 0 Å². The lowest BCUT2D eigenvalue weighted by Gasteiger charge is -2.10. The fourth-order valence-corrected chi connectivity index (χ4v) is 2.50. The molecule has 2 aromatic carbocycles. The van der Waals surface area contributed by atoms with Gasteiger partial charge in [-0.2, -0.15) is 5.10 Å². The first kappa shape index (κ1) is 13.4. The zero-order valence-electron chi connectivity index (χ0n) is 11.5. The van der Waals surface area contributed by atoms with Crippen LogP contribution >= 0.6 is 0 Å². The summed E-state index contributed by atoms with van der Waals surface area (Å²) in [6.45, 7) is 3.60. The molecule has 1 heterocycles. The molecule has 1 aromatic heterocycles. The van der Waals surface area contributed by atoms with E-state index < -0.39 is 11.6 Å². The molecule has 5 heteroatoms. The number of H-pyrrole nitrogens is 1. The Morgan fingerprint density at radius 3 is 2.38 bits per heavy atom. The summed E-state index contributed by atoms with van der Waals surface area (Å²) in [4.78, 5) is 12.0. The molecule has 3 aromatic rings. The average Bonchev–Trinajstić information content (AvgIpc) is 2.46. The molecule has 0 fully saturated rings. The molecule has 0 bridgehead atoms. The number of aryl methyl sites for hydroxylation is 2. The van der Waals surface area contributed by atoms with Crippen molar-refractivity contribution < 1.29 is 8.78 Å². The molecule has 3 rings (SSSR count). The average molecular weight is 286 g/mol. The van der Waals surface area contributed by atoms with E-state index in [-0.39, 0.29) is 16.8 Å². The maximum absolute atomic E-state index is 14.0.